The van der Waals surface area contributed by atoms with Gasteiger partial charge < -0.3 is 10.5 Å². The smallest absolute Gasteiger partial charge is 0.138 e. The van der Waals surface area contributed by atoms with Crippen molar-refractivity contribution in [1.29, 1.82) is 0 Å². The van der Waals surface area contributed by atoms with Gasteiger partial charge in [0.05, 0.1) is 6.04 Å². The average Bonchev–Trinajstić information content (AvgIpc) is 2.03. The average molecular weight is 159 g/mol. The van der Waals surface area contributed by atoms with Gasteiger partial charge in [0.15, 0.2) is 0 Å². The van der Waals surface area contributed by atoms with E-state index in [1.54, 1.807) is 7.05 Å². The lowest BCUT2D eigenvalue weighted by Crippen LogP contribution is -2.39. The zero-order valence-electron chi connectivity index (χ0n) is 6.97. The van der Waals surface area contributed by atoms with Gasteiger partial charge in [-0.05, 0) is 26.4 Å². The van der Waals surface area contributed by atoms with Gasteiger partial charge in [0, 0.05) is 0 Å². The number of nitrogens with one attached hydrogen (secondary N) is 2. The number of carbonyl (C=O) groups excluding carboxylic acids is 1. The third-order valence-electron chi connectivity index (χ3n) is 1.46. The Bertz CT molecular complexity index is 97.7. The van der Waals surface area contributed by atoms with Crippen molar-refractivity contribution in [2.45, 2.75) is 25.3 Å². The van der Waals surface area contributed by atoms with E-state index in [9.17, 15) is 4.79 Å². The molecule has 0 aliphatic carbocycles. The molecular weight excluding hydrogens is 142 g/mol. The van der Waals surface area contributed by atoms with Crippen LogP contribution in [0.5, 0.6) is 0 Å². The molecule has 1 atom stereocenters. The Hall–Kier alpha value is -0.450. The summed E-state index contributed by atoms with van der Waals surface area (Å²) in [5.74, 6) is 0. The van der Waals surface area contributed by atoms with Crippen molar-refractivity contribution in [3.05, 3.63) is 0 Å². The monoisotopic (exact) mass is 159 g/mol. The summed E-state index contributed by atoms with van der Waals surface area (Å²) in [6, 6.07) is -0.0773. The number of unbranched alkanes of at least 4 members (excludes halogenated alkanes) is 1. The standard InChI is InChI=1S/C7H17N3O/c1-9-10-7(6-11)4-2-3-5-8/h6-7,9-10H,2-5,8H2,1H3/t7-/m0/s1. The first-order valence-corrected chi connectivity index (χ1v) is 3.92. The first kappa shape index (κ1) is 10.6. The Kier molecular flexibility index (Phi) is 7.34. The zero-order valence-corrected chi connectivity index (χ0v) is 6.97. The molecule has 0 aromatic rings. The number of hydrogen-bond acceptors (Lipinski definition) is 4. The maximum absolute atomic E-state index is 10.4. The summed E-state index contributed by atoms with van der Waals surface area (Å²) in [5, 5.41) is 0. The minimum Gasteiger partial charge on any atom is -0.330 e. The highest BCUT2D eigenvalue weighted by atomic mass is 16.1. The summed E-state index contributed by atoms with van der Waals surface area (Å²) in [6.07, 6.45) is 3.73. The summed E-state index contributed by atoms with van der Waals surface area (Å²) < 4.78 is 0. The van der Waals surface area contributed by atoms with E-state index >= 15 is 0 Å². The second-order valence-electron chi connectivity index (χ2n) is 2.42. The third-order valence-corrected chi connectivity index (χ3v) is 1.46. The van der Waals surface area contributed by atoms with Gasteiger partial charge in [-0.2, -0.15) is 0 Å². The van der Waals surface area contributed by atoms with Crippen LogP contribution >= 0.6 is 0 Å². The lowest BCUT2D eigenvalue weighted by atomic mass is 10.1. The molecule has 0 heterocycles. The molecule has 4 heteroatoms. The fourth-order valence-corrected chi connectivity index (χ4v) is 0.868. The Morgan fingerprint density at radius 3 is 2.73 bits per heavy atom. The molecule has 66 valence electrons. The first-order valence-electron chi connectivity index (χ1n) is 3.92. The fourth-order valence-electron chi connectivity index (χ4n) is 0.868. The summed E-state index contributed by atoms with van der Waals surface area (Å²) >= 11 is 0. The van der Waals surface area contributed by atoms with E-state index in [1.807, 2.05) is 0 Å². The van der Waals surface area contributed by atoms with Crippen LogP contribution in [0.25, 0.3) is 0 Å². The van der Waals surface area contributed by atoms with Gasteiger partial charge in [-0.25, -0.2) is 5.43 Å². The van der Waals surface area contributed by atoms with Crippen molar-refractivity contribution >= 4 is 6.29 Å². The predicted molar refractivity (Wildman–Crippen MR) is 45.0 cm³/mol. The van der Waals surface area contributed by atoms with Gasteiger partial charge in [-0.3, -0.25) is 5.43 Å². The van der Waals surface area contributed by atoms with Crippen LogP contribution < -0.4 is 16.6 Å². The van der Waals surface area contributed by atoms with Crippen LogP contribution in [0, 0.1) is 0 Å². The van der Waals surface area contributed by atoms with Gasteiger partial charge in [-0.15, -0.1) is 0 Å². The number of carbonyl (C=O) groups is 1. The van der Waals surface area contributed by atoms with Crippen LogP contribution in [0.4, 0.5) is 0 Å². The maximum atomic E-state index is 10.4. The van der Waals surface area contributed by atoms with E-state index < -0.39 is 0 Å². The van der Waals surface area contributed by atoms with E-state index in [-0.39, 0.29) is 6.04 Å². The lowest BCUT2D eigenvalue weighted by molar-refractivity contribution is -0.109. The van der Waals surface area contributed by atoms with Gasteiger partial charge in [0.2, 0.25) is 0 Å². The molecule has 0 aliphatic heterocycles. The van der Waals surface area contributed by atoms with E-state index in [0.29, 0.717) is 6.54 Å². The molecule has 4 N–H and O–H groups in total. The maximum Gasteiger partial charge on any atom is 0.138 e. The minimum atomic E-state index is -0.0773. The molecular formula is C7H17N3O. The van der Waals surface area contributed by atoms with E-state index in [2.05, 4.69) is 10.9 Å². The Labute approximate surface area is 67.5 Å². The lowest BCUT2D eigenvalue weighted by Gasteiger charge is -2.09. The SMILES string of the molecule is CNN[C@H](C=O)CCCCN. The normalized spacial score (nSPS) is 12.9. The van der Waals surface area contributed by atoms with Crippen molar-refractivity contribution in [2.24, 2.45) is 5.73 Å². The van der Waals surface area contributed by atoms with Crippen LogP contribution in [-0.2, 0) is 4.79 Å². The highest BCUT2D eigenvalue weighted by Gasteiger charge is 2.02. The molecule has 0 aromatic heterocycles. The number of rotatable bonds is 7. The largest absolute Gasteiger partial charge is 0.330 e. The Balaban J connectivity index is 3.28. The van der Waals surface area contributed by atoms with Crippen molar-refractivity contribution in [3.63, 3.8) is 0 Å². The number of hydrogen-bond donors (Lipinski definition) is 3. The molecule has 0 amide bonds. The molecule has 0 spiro atoms. The molecule has 4 nitrogen and oxygen atoms in total. The second kappa shape index (κ2) is 7.65. The van der Waals surface area contributed by atoms with Gasteiger partial charge in [-0.1, -0.05) is 6.42 Å². The first-order chi connectivity index (χ1) is 5.35. The molecule has 0 radical (unpaired) electrons. The van der Waals surface area contributed by atoms with E-state index in [1.165, 1.54) is 0 Å². The molecule has 0 saturated carbocycles. The van der Waals surface area contributed by atoms with Gasteiger partial charge in [0.1, 0.15) is 6.29 Å². The molecule has 0 aromatic carbocycles. The summed E-state index contributed by atoms with van der Waals surface area (Å²) in [6.45, 7) is 0.700. The number of hydrazine groups is 1. The number of aldehydes is 1. The summed E-state index contributed by atoms with van der Waals surface area (Å²) in [5.41, 5.74) is 10.9. The highest BCUT2D eigenvalue weighted by molar-refractivity contribution is 5.57. The van der Waals surface area contributed by atoms with Crippen molar-refractivity contribution in [2.75, 3.05) is 13.6 Å². The minimum absolute atomic E-state index is 0.0773. The topological polar surface area (TPSA) is 67.1 Å². The van der Waals surface area contributed by atoms with Crippen molar-refractivity contribution in [3.8, 4) is 0 Å². The molecule has 0 rings (SSSR count). The van der Waals surface area contributed by atoms with Crippen LogP contribution in [-0.4, -0.2) is 25.9 Å². The molecule has 0 aliphatic rings. The third kappa shape index (κ3) is 5.97. The Morgan fingerprint density at radius 2 is 2.27 bits per heavy atom. The van der Waals surface area contributed by atoms with Crippen molar-refractivity contribution < 1.29 is 4.79 Å². The quantitative estimate of drug-likeness (QED) is 0.264. The van der Waals surface area contributed by atoms with Crippen LogP contribution in [0.1, 0.15) is 19.3 Å². The molecule has 0 bridgehead atoms. The van der Waals surface area contributed by atoms with Gasteiger partial charge in [0.25, 0.3) is 0 Å². The molecule has 0 saturated heterocycles. The summed E-state index contributed by atoms with van der Waals surface area (Å²) in [4.78, 5) is 10.4. The second-order valence-corrected chi connectivity index (χ2v) is 2.42. The zero-order chi connectivity index (χ0) is 8.53. The van der Waals surface area contributed by atoms with Crippen LogP contribution in [0.15, 0.2) is 0 Å². The van der Waals surface area contributed by atoms with Crippen molar-refractivity contribution in [1.82, 2.24) is 10.9 Å². The Morgan fingerprint density at radius 1 is 1.55 bits per heavy atom. The van der Waals surface area contributed by atoms with E-state index in [0.717, 1.165) is 25.5 Å². The highest BCUT2D eigenvalue weighted by Crippen LogP contribution is 1.96. The molecule has 0 unspecified atom stereocenters. The predicted octanol–water partition coefficient (Wildman–Crippen LogP) is -0.593. The van der Waals surface area contributed by atoms with Crippen LogP contribution in [0.3, 0.4) is 0 Å². The fraction of sp³-hybridized carbons (Fsp3) is 0.857. The molecule has 11 heavy (non-hydrogen) atoms. The van der Waals surface area contributed by atoms with E-state index in [4.69, 9.17) is 5.73 Å². The van der Waals surface area contributed by atoms with Crippen LogP contribution in [0.2, 0.25) is 0 Å². The van der Waals surface area contributed by atoms with Gasteiger partial charge >= 0.3 is 0 Å². The summed E-state index contributed by atoms with van der Waals surface area (Å²) in [7, 11) is 1.75. The molecule has 0 fully saturated rings. The number of nitrogens with two attached hydrogens (primary N) is 1.